The van der Waals surface area contributed by atoms with Gasteiger partial charge in [-0.2, -0.15) is 4.98 Å². The summed E-state index contributed by atoms with van der Waals surface area (Å²) in [6.07, 6.45) is 1.53. The predicted molar refractivity (Wildman–Crippen MR) is 113 cm³/mol. The van der Waals surface area contributed by atoms with E-state index in [9.17, 15) is 13.6 Å². The van der Waals surface area contributed by atoms with Gasteiger partial charge in [0.2, 0.25) is 0 Å². The maximum Gasteiger partial charge on any atom is 0.322 e. The molecule has 0 fully saturated rings. The first kappa shape index (κ1) is 20.5. The van der Waals surface area contributed by atoms with Gasteiger partial charge < -0.3 is 4.74 Å². The molecule has 0 aliphatic carbocycles. The number of halogens is 2. The Labute approximate surface area is 177 Å². The van der Waals surface area contributed by atoms with Gasteiger partial charge in [0.1, 0.15) is 17.4 Å². The van der Waals surface area contributed by atoms with Crippen LogP contribution in [0.5, 0.6) is 11.8 Å². The van der Waals surface area contributed by atoms with Crippen LogP contribution < -0.4 is 10.3 Å². The van der Waals surface area contributed by atoms with Crippen molar-refractivity contribution in [2.75, 3.05) is 0 Å². The van der Waals surface area contributed by atoms with Crippen molar-refractivity contribution in [2.24, 2.45) is 0 Å². The number of aromatic nitrogens is 4. The largest absolute Gasteiger partial charge is 0.424 e. The molecule has 0 N–H and O–H groups in total. The summed E-state index contributed by atoms with van der Waals surface area (Å²) < 4.78 is 35.8. The number of hydrogen-bond acceptors (Lipinski definition) is 4. The number of ether oxygens (including phenoxy) is 1. The second-order valence-electron chi connectivity index (χ2n) is 6.75. The molecule has 0 atom stereocenters. The predicted octanol–water partition coefficient (Wildman–Crippen LogP) is 4.88. The van der Waals surface area contributed by atoms with Crippen LogP contribution in [0, 0.1) is 11.6 Å². The van der Waals surface area contributed by atoms with Crippen LogP contribution in [0.25, 0.3) is 22.5 Å². The minimum Gasteiger partial charge on any atom is -0.424 e. The molecule has 0 spiro atoms. The first-order valence-corrected chi connectivity index (χ1v) is 9.88. The fraction of sp³-hybridized carbons (Fsp3) is 0.174. The highest BCUT2D eigenvalue weighted by molar-refractivity contribution is 5.79. The summed E-state index contributed by atoms with van der Waals surface area (Å²) in [5.41, 5.74) is 1.90. The molecule has 2 aromatic heterocycles. The standard InChI is InChI=1S/C23H20F2N4O2/c1-3-28-21(20(22(30)29(28)4-2)15-5-7-16(24)8-6-15)19-13-14-26-23(27-19)31-18-11-9-17(25)10-12-18/h5-14H,3-4H2,1-2H3. The third-order valence-electron chi connectivity index (χ3n) is 4.87. The Hall–Kier alpha value is -3.81. The van der Waals surface area contributed by atoms with Crippen LogP contribution in [0.1, 0.15) is 13.8 Å². The Kier molecular flexibility index (Phi) is 5.62. The van der Waals surface area contributed by atoms with Crippen molar-refractivity contribution < 1.29 is 13.5 Å². The van der Waals surface area contributed by atoms with Crippen LogP contribution in [-0.2, 0) is 13.1 Å². The number of benzene rings is 2. The van der Waals surface area contributed by atoms with E-state index < -0.39 is 0 Å². The maximum atomic E-state index is 13.5. The monoisotopic (exact) mass is 422 g/mol. The maximum absolute atomic E-state index is 13.5. The Morgan fingerprint density at radius 1 is 0.871 bits per heavy atom. The highest BCUT2D eigenvalue weighted by atomic mass is 19.1. The SMILES string of the molecule is CCn1c(-c2ccnc(Oc3ccc(F)cc3)n2)c(-c2ccc(F)cc2)c(=O)n1CC. The fourth-order valence-corrected chi connectivity index (χ4v) is 3.50. The van der Waals surface area contributed by atoms with Crippen LogP contribution in [-0.4, -0.2) is 19.3 Å². The molecule has 8 heteroatoms. The van der Waals surface area contributed by atoms with Gasteiger partial charge in [0.25, 0.3) is 5.56 Å². The molecule has 0 saturated carbocycles. The van der Waals surface area contributed by atoms with Crippen LogP contribution in [0.2, 0.25) is 0 Å². The number of hydrogen-bond donors (Lipinski definition) is 0. The molecule has 0 amide bonds. The van der Waals surface area contributed by atoms with E-state index >= 15 is 0 Å². The third-order valence-corrected chi connectivity index (χ3v) is 4.87. The Morgan fingerprint density at radius 3 is 2.10 bits per heavy atom. The Balaban J connectivity index is 1.86. The van der Waals surface area contributed by atoms with Crippen molar-refractivity contribution in [3.8, 4) is 34.3 Å². The minimum absolute atomic E-state index is 0.0634. The molecule has 2 aromatic carbocycles. The first-order valence-electron chi connectivity index (χ1n) is 9.88. The van der Waals surface area contributed by atoms with Crippen molar-refractivity contribution in [2.45, 2.75) is 26.9 Å². The normalized spacial score (nSPS) is 11.0. The van der Waals surface area contributed by atoms with Crippen LogP contribution in [0.15, 0.2) is 65.6 Å². The molecule has 0 saturated heterocycles. The van der Waals surface area contributed by atoms with Gasteiger partial charge in [-0.05, 0) is 61.9 Å². The van der Waals surface area contributed by atoms with E-state index in [1.54, 1.807) is 22.9 Å². The smallest absolute Gasteiger partial charge is 0.322 e. The molecule has 4 aromatic rings. The molecule has 6 nitrogen and oxygen atoms in total. The molecule has 31 heavy (non-hydrogen) atoms. The summed E-state index contributed by atoms with van der Waals surface area (Å²) in [7, 11) is 0. The van der Waals surface area contributed by atoms with Gasteiger partial charge in [-0.1, -0.05) is 12.1 Å². The van der Waals surface area contributed by atoms with E-state index in [-0.39, 0.29) is 23.2 Å². The zero-order valence-electron chi connectivity index (χ0n) is 17.0. The second kappa shape index (κ2) is 8.51. The van der Waals surface area contributed by atoms with Crippen molar-refractivity contribution >= 4 is 0 Å². The Morgan fingerprint density at radius 2 is 1.48 bits per heavy atom. The van der Waals surface area contributed by atoms with Crippen molar-refractivity contribution in [3.05, 3.63) is 82.8 Å². The Bertz CT molecular complexity index is 1260. The lowest BCUT2D eigenvalue weighted by atomic mass is 10.0. The average Bonchev–Trinajstić information content (AvgIpc) is 3.07. The average molecular weight is 422 g/mol. The molecule has 0 bridgehead atoms. The number of nitrogens with zero attached hydrogens (tertiary/aromatic N) is 4. The highest BCUT2D eigenvalue weighted by Gasteiger charge is 2.23. The minimum atomic E-state index is -0.381. The molecule has 0 radical (unpaired) electrons. The summed E-state index contributed by atoms with van der Waals surface area (Å²) in [6.45, 7) is 4.80. The summed E-state index contributed by atoms with van der Waals surface area (Å²) in [5, 5.41) is 0. The van der Waals surface area contributed by atoms with Gasteiger partial charge in [-0.3, -0.25) is 9.48 Å². The summed E-state index contributed by atoms with van der Waals surface area (Å²) in [5.74, 6) is -0.372. The molecule has 0 aliphatic rings. The lowest BCUT2D eigenvalue weighted by molar-refractivity contribution is 0.440. The van der Waals surface area contributed by atoms with Crippen LogP contribution in [0.3, 0.4) is 0 Å². The summed E-state index contributed by atoms with van der Waals surface area (Å²) >= 11 is 0. The first-order chi connectivity index (χ1) is 15.0. The van der Waals surface area contributed by atoms with Gasteiger partial charge in [0.05, 0.1) is 17.0 Å². The van der Waals surface area contributed by atoms with Crippen LogP contribution in [0.4, 0.5) is 8.78 Å². The van der Waals surface area contributed by atoms with Crippen molar-refractivity contribution in [3.63, 3.8) is 0 Å². The zero-order chi connectivity index (χ0) is 22.0. The third kappa shape index (κ3) is 3.96. The van der Waals surface area contributed by atoms with Crippen LogP contribution >= 0.6 is 0 Å². The van der Waals surface area contributed by atoms with E-state index in [1.165, 1.54) is 42.6 Å². The molecule has 4 rings (SSSR count). The van der Waals surface area contributed by atoms with E-state index in [0.717, 1.165) is 0 Å². The van der Waals surface area contributed by atoms with Gasteiger partial charge in [-0.25, -0.2) is 18.4 Å². The fourth-order valence-electron chi connectivity index (χ4n) is 3.50. The quantitative estimate of drug-likeness (QED) is 0.444. The second-order valence-corrected chi connectivity index (χ2v) is 6.75. The summed E-state index contributed by atoms with van der Waals surface area (Å²) in [4.78, 5) is 21.8. The molecular weight excluding hydrogens is 402 g/mol. The van der Waals surface area contributed by atoms with Gasteiger partial charge in [-0.15, -0.1) is 0 Å². The molecule has 158 valence electrons. The number of rotatable bonds is 6. The van der Waals surface area contributed by atoms with E-state index in [4.69, 9.17) is 4.74 Å². The molecular formula is C23H20F2N4O2. The summed E-state index contributed by atoms with van der Waals surface area (Å²) in [6, 6.07) is 13.1. The van der Waals surface area contributed by atoms with Crippen molar-refractivity contribution in [1.29, 1.82) is 0 Å². The van der Waals surface area contributed by atoms with Gasteiger partial charge in [0.15, 0.2) is 0 Å². The van der Waals surface area contributed by atoms with Gasteiger partial charge in [0, 0.05) is 19.3 Å². The molecule has 0 unspecified atom stereocenters. The highest BCUT2D eigenvalue weighted by Crippen LogP contribution is 2.31. The van der Waals surface area contributed by atoms with E-state index in [0.29, 0.717) is 41.4 Å². The molecule has 2 heterocycles. The zero-order valence-corrected chi connectivity index (χ0v) is 17.0. The van der Waals surface area contributed by atoms with Crippen molar-refractivity contribution in [1.82, 2.24) is 19.3 Å². The van der Waals surface area contributed by atoms with E-state index in [2.05, 4.69) is 9.97 Å². The molecule has 0 aliphatic heterocycles. The lowest BCUT2D eigenvalue weighted by Gasteiger charge is -2.12. The lowest BCUT2D eigenvalue weighted by Crippen LogP contribution is -2.22. The van der Waals surface area contributed by atoms with Gasteiger partial charge >= 0.3 is 6.01 Å². The topological polar surface area (TPSA) is 61.9 Å². The van der Waals surface area contributed by atoms with E-state index in [1.807, 2.05) is 18.5 Å².